The van der Waals surface area contributed by atoms with Crippen molar-refractivity contribution in [3.05, 3.63) is 63.5 Å². The molecule has 0 fully saturated rings. The number of hydrogen-bond acceptors (Lipinski definition) is 5. The minimum atomic E-state index is -3.52. The van der Waals surface area contributed by atoms with Gasteiger partial charge in [-0.25, -0.2) is 13.4 Å². The number of anilines is 1. The van der Waals surface area contributed by atoms with Crippen LogP contribution >= 0.6 is 22.9 Å². The molecule has 28 heavy (non-hydrogen) atoms. The summed E-state index contributed by atoms with van der Waals surface area (Å²) in [6, 6.07) is 10.5. The number of benzene rings is 2. The first-order valence-corrected chi connectivity index (χ1v) is 11.8. The second-order valence-electron chi connectivity index (χ2n) is 6.75. The van der Waals surface area contributed by atoms with Gasteiger partial charge in [0.05, 0.1) is 15.6 Å². The molecule has 144 valence electrons. The number of thiazole rings is 1. The van der Waals surface area contributed by atoms with E-state index in [1.54, 1.807) is 0 Å². The summed E-state index contributed by atoms with van der Waals surface area (Å²) in [7, 11) is -3.52. The van der Waals surface area contributed by atoms with Gasteiger partial charge in [-0.15, -0.1) is 11.3 Å². The van der Waals surface area contributed by atoms with E-state index in [0.717, 1.165) is 30.4 Å². The van der Waals surface area contributed by atoms with E-state index in [9.17, 15) is 13.2 Å². The van der Waals surface area contributed by atoms with E-state index in [2.05, 4.69) is 28.5 Å². The number of amides is 1. The second kappa shape index (κ2) is 7.31. The summed E-state index contributed by atoms with van der Waals surface area (Å²) in [4.78, 5) is 17.0. The van der Waals surface area contributed by atoms with E-state index < -0.39 is 15.7 Å². The van der Waals surface area contributed by atoms with Crippen molar-refractivity contribution in [3.63, 3.8) is 0 Å². The van der Waals surface area contributed by atoms with Crippen LogP contribution in [0.1, 0.15) is 27.9 Å². The van der Waals surface area contributed by atoms with Crippen LogP contribution in [0.25, 0.3) is 11.3 Å². The first-order chi connectivity index (χ1) is 13.3. The molecule has 1 aliphatic rings. The molecule has 1 aromatic heterocycles. The molecule has 4 rings (SSSR count). The van der Waals surface area contributed by atoms with Gasteiger partial charge in [0.25, 0.3) is 5.91 Å². The number of aryl methyl sites for hydroxylation is 2. The van der Waals surface area contributed by atoms with Gasteiger partial charge in [-0.05, 0) is 54.7 Å². The molecular formula is C20H17ClN2O3S2. The summed E-state index contributed by atoms with van der Waals surface area (Å²) in [5.74, 6) is -0.434. The molecule has 0 radical (unpaired) electrons. The van der Waals surface area contributed by atoms with Gasteiger partial charge in [0, 0.05) is 22.8 Å². The molecule has 0 saturated heterocycles. The minimum absolute atomic E-state index is 0.0696. The van der Waals surface area contributed by atoms with Crippen molar-refractivity contribution in [2.75, 3.05) is 11.6 Å². The van der Waals surface area contributed by atoms with Crippen LogP contribution < -0.4 is 5.32 Å². The number of sulfone groups is 1. The van der Waals surface area contributed by atoms with E-state index in [1.807, 2.05) is 5.38 Å². The zero-order valence-electron chi connectivity index (χ0n) is 15.0. The molecule has 1 aliphatic carbocycles. The van der Waals surface area contributed by atoms with Gasteiger partial charge in [0.2, 0.25) is 0 Å². The third kappa shape index (κ3) is 3.83. The van der Waals surface area contributed by atoms with Crippen LogP contribution in [-0.4, -0.2) is 25.6 Å². The molecule has 1 amide bonds. The lowest BCUT2D eigenvalue weighted by Crippen LogP contribution is -2.12. The van der Waals surface area contributed by atoms with Crippen LogP contribution in [0.15, 0.2) is 46.7 Å². The Morgan fingerprint density at radius 2 is 1.93 bits per heavy atom. The maximum Gasteiger partial charge on any atom is 0.257 e. The number of carbonyl (C=O) groups is 1. The highest BCUT2D eigenvalue weighted by Crippen LogP contribution is 2.30. The molecular weight excluding hydrogens is 416 g/mol. The number of nitrogens with one attached hydrogen (secondary N) is 1. The number of hydrogen-bond donors (Lipinski definition) is 1. The maximum absolute atomic E-state index is 12.5. The van der Waals surface area contributed by atoms with Gasteiger partial charge < -0.3 is 0 Å². The Labute approximate surface area is 172 Å². The molecule has 1 N–H and O–H groups in total. The monoisotopic (exact) mass is 432 g/mol. The summed E-state index contributed by atoms with van der Waals surface area (Å²) >= 11 is 7.26. The van der Waals surface area contributed by atoms with Crippen molar-refractivity contribution in [1.82, 2.24) is 4.98 Å². The fourth-order valence-corrected chi connectivity index (χ4v) is 5.31. The molecule has 2 aromatic carbocycles. The average molecular weight is 433 g/mol. The fraction of sp³-hybridized carbons (Fsp3) is 0.200. The predicted molar refractivity (Wildman–Crippen MR) is 112 cm³/mol. The Morgan fingerprint density at radius 1 is 1.14 bits per heavy atom. The molecule has 0 aliphatic heterocycles. The lowest BCUT2D eigenvalue weighted by atomic mass is 10.1. The molecule has 5 nitrogen and oxygen atoms in total. The molecule has 0 atom stereocenters. The first kappa shape index (κ1) is 19.1. The molecule has 0 spiro atoms. The number of aromatic nitrogens is 1. The van der Waals surface area contributed by atoms with Crippen LogP contribution in [0.3, 0.4) is 0 Å². The summed E-state index contributed by atoms with van der Waals surface area (Å²) in [6.07, 6.45) is 4.47. The van der Waals surface area contributed by atoms with Crippen molar-refractivity contribution in [1.29, 1.82) is 0 Å². The van der Waals surface area contributed by atoms with Gasteiger partial charge in [0.1, 0.15) is 0 Å². The molecule has 8 heteroatoms. The minimum Gasteiger partial charge on any atom is -0.298 e. The number of rotatable bonds is 4. The molecule has 3 aromatic rings. The highest BCUT2D eigenvalue weighted by molar-refractivity contribution is 7.90. The number of fused-ring (bicyclic) bond motifs is 1. The number of nitrogens with zero attached hydrogens (tertiary/aromatic N) is 1. The van der Waals surface area contributed by atoms with Crippen LogP contribution in [0.4, 0.5) is 5.13 Å². The number of carbonyl (C=O) groups excluding carboxylic acids is 1. The third-order valence-corrected chi connectivity index (χ3v) is 7.05. The Bertz CT molecular complexity index is 1190. The molecule has 0 bridgehead atoms. The van der Waals surface area contributed by atoms with E-state index in [4.69, 9.17) is 11.6 Å². The summed E-state index contributed by atoms with van der Waals surface area (Å²) in [5, 5.41) is 5.17. The van der Waals surface area contributed by atoms with Crippen molar-refractivity contribution in [2.24, 2.45) is 0 Å². The van der Waals surface area contributed by atoms with E-state index in [1.165, 1.54) is 47.1 Å². The summed E-state index contributed by atoms with van der Waals surface area (Å²) in [5.41, 5.74) is 4.81. The SMILES string of the molecule is CS(=O)(=O)c1cc(C(=O)Nc2nc(-c3ccc4c(c3)CCC4)cs2)ccc1Cl. The van der Waals surface area contributed by atoms with E-state index in [0.29, 0.717) is 5.13 Å². The normalized spacial score (nSPS) is 13.4. The summed E-state index contributed by atoms with van der Waals surface area (Å²) < 4.78 is 23.6. The second-order valence-corrected chi connectivity index (χ2v) is 10.00. The first-order valence-electron chi connectivity index (χ1n) is 8.70. The van der Waals surface area contributed by atoms with Gasteiger partial charge in [0.15, 0.2) is 15.0 Å². The Hall–Kier alpha value is -2.22. The van der Waals surface area contributed by atoms with Crippen molar-refractivity contribution >= 4 is 43.8 Å². The Balaban J connectivity index is 1.55. The van der Waals surface area contributed by atoms with E-state index >= 15 is 0 Å². The zero-order valence-corrected chi connectivity index (χ0v) is 17.4. The lowest BCUT2D eigenvalue weighted by molar-refractivity contribution is 0.102. The maximum atomic E-state index is 12.5. The van der Waals surface area contributed by atoms with Gasteiger partial charge >= 0.3 is 0 Å². The van der Waals surface area contributed by atoms with Gasteiger partial charge in [-0.1, -0.05) is 23.7 Å². The highest BCUT2D eigenvalue weighted by Gasteiger charge is 2.17. The van der Waals surface area contributed by atoms with Crippen molar-refractivity contribution < 1.29 is 13.2 Å². The average Bonchev–Trinajstić information content (AvgIpc) is 3.29. The van der Waals surface area contributed by atoms with Crippen LogP contribution in [-0.2, 0) is 22.7 Å². The quantitative estimate of drug-likeness (QED) is 0.653. The topological polar surface area (TPSA) is 76.1 Å². The number of halogens is 1. The van der Waals surface area contributed by atoms with Gasteiger partial charge in [-0.2, -0.15) is 0 Å². The smallest absolute Gasteiger partial charge is 0.257 e. The molecule has 0 saturated carbocycles. The van der Waals surface area contributed by atoms with E-state index in [-0.39, 0.29) is 15.5 Å². The van der Waals surface area contributed by atoms with Crippen LogP contribution in [0, 0.1) is 0 Å². The Kier molecular flexibility index (Phi) is 4.99. The Morgan fingerprint density at radius 3 is 2.71 bits per heavy atom. The van der Waals surface area contributed by atoms with Crippen molar-refractivity contribution in [2.45, 2.75) is 24.2 Å². The largest absolute Gasteiger partial charge is 0.298 e. The third-order valence-electron chi connectivity index (χ3n) is 4.71. The van der Waals surface area contributed by atoms with Crippen LogP contribution in [0.2, 0.25) is 5.02 Å². The zero-order chi connectivity index (χ0) is 19.9. The van der Waals surface area contributed by atoms with Crippen LogP contribution in [0.5, 0.6) is 0 Å². The highest BCUT2D eigenvalue weighted by atomic mass is 35.5. The molecule has 0 unspecified atom stereocenters. The molecule has 1 heterocycles. The predicted octanol–water partition coefficient (Wildman–Crippen LogP) is 4.61. The fourth-order valence-electron chi connectivity index (χ4n) is 3.29. The van der Waals surface area contributed by atoms with Crippen molar-refractivity contribution in [3.8, 4) is 11.3 Å². The summed E-state index contributed by atoms with van der Waals surface area (Å²) in [6.45, 7) is 0. The van der Waals surface area contributed by atoms with Gasteiger partial charge in [-0.3, -0.25) is 10.1 Å². The lowest BCUT2D eigenvalue weighted by Gasteiger charge is -2.06. The standard InChI is InChI=1S/C20H17ClN2O3S2/c1-28(25,26)18-10-15(7-8-16(18)21)19(24)23-20-22-17(11-27-20)14-6-5-12-3-2-4-13(12)9-14/h5-11H,2-4H2,1H3,(H,22,23,24).